The number of anilines is 1. The van der Waals surface area contributed by atoms with Crippen LogP contribution in [0.15, 0.2) is 18.3 Å². The number of nitrogens with one attached hydrogen (secondary N) is 2. The van der Waals surface area contributed by atoms with Crippen LogP contribution in [-0.2, 0) is 0 Å². The molecule has 2 N–H and O–H groups in total. The number of amides is 1. The van der Waals surface area contributed by atoms with Gasteiger partial charge in [-0.15, -0.1) is 0 Å². The van der Waals surface area contributed by atoms with Gasteiger partial charge in [0, 0.05) is 25.0 Å². The van der Waals surface area contributed by atoms with E-state index in [0.29, 0.717) is 24.1 Å². The van der Waals surface area contributed by atoms with Crippen molar-refractivity contribution in [2.45, 2.75) is 40.5 Å². The zero-order chi connectivity index (χ0) is 15.0. The molecule has 0 atom stereocenters. The van der Waals surface area contributed by atoms with E-state index >= 15 is 0 Å². The molecule has 1 rings (SSSR count). The molecule has 1 aromatic rings. The quantitative estimate of drug-likeness (QED) is 0.766. The van der Waals surface area contributed by atoms with Crippen LogP contribution in [0, 0.1) is 11.8 Å². The summed E-state index contributed by atoms with van der Waals surface area (Å²) in [7, 11) is 0. The van der Waals surface area contributed by atoms with E-state index in [-0.39, 0.29) is 5.91 Å². The van der Waals surface area contributed by atoms with Gasteiger partial charge in [-0.2, -0.15) is 0 Å². The third kappa shape index (κ3) is 6.55. The van der Waals surface area contributed by atoms with Crippen molar-refractivity contribution in [3.8, 4) is 0 Å². The van der Waals surface area contributed by atoms with Crippen LogP contribution in [-0.4, -0.2) is 24.0 Å². The first-order valence-electron chi connectivity index (χ1n) is 7.47. The Balaban J connectivity index is 2.47. The smallest absolute Gasteiger partial charge is 0.269 e. The van der Waals surface area contributed by atoms with Crippen LogP contribution in [0.4, 0.5) is 5.69 Å². The number of pyridine rings is 1. The third-order valence-corrected chi connectivity index (χ3v) is 3.05. The van der Waals surface area contributed by atoms with E-state index in [1.165, 1.54) is 0 Å². The Morgan fingerprint density at radius 3 is 2.45 bits per heavy atom. The highest BCUT2D eigenvalue weighted by Gasteiger charge is 2.07. The SMILES string of the molecule is CC(C)CCNC(=O)c1cc(NCCC(C)C)ccn1. The molecule has 0 aliphatic carbocycles. The van der Waals surface area contributed by atoms with Gasteiger partial charge in [0.25, 0.3) is 5.91 Å². The van der Waals surface area contributed by atoms with Gasteiger partial charge in [-0.05, 0) is 36.8 Å². The average Bonchev–Trinajstić information content (AvgIpc) is 2.38. The Bertz CT molecular complexity index is 416. The van der Waals surface area contributed by atoms with Gasteiger partial charge in [-0.3, -0.25) is 9.78 Å². The Morgan fingerprint density at radius 2 is 1.80 bits per heavy atom. The number of rotatable bonds is 8. The molecule has 0 unspecified atom stereocenters. The van der Waals surface area contributed by atoms with Crippen LogP contribution < -0.4 is 10.6 Å². The molecule has 1 amide bonds. The van der Waals surface area contributed by atoms with E-state index in [1.807, 2.05) is 12.1 Å². The fourth-order valence-corrected chi connectivity index (χ4v) is 1.73. The van der Waals surface area contributed by atoms with Crippen molar-refractivity contribution in [3.63, 3.8) is 0 Å². The second kappa shape index (κ2) is 8.56. The maximum atomic E-state index is 12.0. The number of carbonyl (C=O) groups is 1. The molecule has 0 aliphatic heterocycles. The summed E-state index contributed by atoms with van der Waals surface area (Å²) in [5, 5.41) is 6.23. The molecule has 0 saturated carbocycles. The molecule has 0 saturated heterocycles. The van der Waals surface area contributed by atoms with Gasteiger partial charge in [0.1, 0.15) is 5.69 Å². The monoisotopic (exact) mass is 277 g/mol. The summed E-state index contributed by atoms with van der Waals surface area (Å²) < 4.78 is 0. The largest absolute Gasteiger partial charge is 0.385 e. The highest BCUT2D eigenvalue weighted by atomic mass is 16.1. The second-order valence-electron chi connectivity index (χ2n) is 5.98. The molecule has 4 nitrogen and oxygen atoms in total. The summed E-state index contributed by atoms with van der Waals surface area (Å²) in [4.78, 5) is 16.1. The lowest BCUT2D eigenvalue weighted by atomic mass is 10.1. The van der Waals surface area contributed by atoms with Crippen molar-refractivity contribution in [2.24, 2.45) is 11.8 Å². The minimum Gasteiger partial charge on any atom is -0.385 e. The Morgan fingerprint density at radius 1 is 1.15 bits per heavy atom. The summed E-state index contributed by atoms with van der Waals surface area (Å²) in [5.41, 5.74) is 1.43. The molecule has 0 fully saturated rings. The van der Waals surface area contributed by atoms with Crippen molar-refractivity contribution in [1.82, 2.24) is 10.3 Å². The minimum atomic E-state index is -0.0989. The summed E-state index contributed by atoms with van der Waals surface area (Å²) in [6.07, 6.45) is 3.77. The third-order valence-electron chi connectivity index (χ3n) is 3.05. The molecule has 20 heavy (non-hydrogen) atoms. The summed E-state index contributed by atoms with van der Waals surface area (Å²) in [5.74, 6) is 1.16. The van der Waals surface area contributed by atoms with E-state index in [0.717, 1.165) is 25.1 Å². The molecule has 1 heterocycles. The lowest BCUT2D eigenvalue weighted by Crippen LogP contribution is -2.26. The first-order valence-corrected chi connectivity index (χ1v) is 7.47. The lowest BCUT2D eigenvalue weighted by molar-refractivity contribution is 0.0947. The molecule has 1 aromatic heterocycles. The zero-order valence-corrected chi connectivity index (χ0v) is 13.1. The first-order chi connectivity index (χ1) is 9.49. The van der Waals surface area contributed by atoms with Crippen LogP contribution in [0.3, 0.4) is 0 Å². The van der Waals surface area contributed by atoms with Gasteiger partial charge in [-0.1, -0.05) is 27.7 Å². The highest BCUT2D eigenvalue weighted by molar-refractivity contribution is 5.93. The van der Waals surface area contributed by atoms with E-state index in [2.05, 4.69) is 43.3 Å². The molecule has 0 aromatic carbocycles. The number of aromatic nitrogens is 1. The maximum Gasteiger partial charge on any atom is 0.269 e. The molecule has 0 spiro atoms. The van der Waals surface area contributed by atoms with Crippen molar-refractivity contribution in [2.75, 3.05) is 18.4 Å². The molecular weight excluding hydrogens is 250 g/mol. The van der Waals surface area contributed by atoms with Crippen molar-refractivity contribution >= 4 is 11.6 Å². The summed E-state index contributed by atoms with van der Waals surface area (Å²) in [6, 6.07) is 3.70. The topological polar surface area (TPSA) is 54.0 Å². The predicted octanol–water partition coefficient (Wildman–Crippen LogP) is 3.32. The Labute approximate surface area is 122 Å². The van der Waals surface area contributed by atoms with Gasteiger partial charge < -0.3 is 10.6 Å². The first kappa shape index (κ1) is 16.5. The number of hydrogen-bond donors (Lipinski definition) is 2. The Kier molecular flexibility index (Phi) is 7.05. The predicted molar refractivity (Wildman–Crippen MR) is 84.0 cm³/mol. The molecule has 0 radical (unpaired) electrons. The normalized spacial score (nSPS) is 10.9. The van der Waals surface area contributed by atoms with E-state index in [1.54, 1.807) is 6.20 Å². The lowest BCUT2D eigenvalue weighted by Gasteiger charge is -2.10. The van der Waals surface area contributed by atoms with Crippen LogP contribution in [0.25, 0.3) is 0 Å². The van der Waals surface area contributed by atoms with E-state index in [4.69, 9.17) is 0 Å². The number of carbonyl (C=O) groups excluding carboxylic acids is 1. The highest BCUT2D eigenvalue weighted by Crippen LogP contribution is 2.09. The zero-order valence-electron chi connectivity index (χ0n) is 13.1. The molecule has 112 valence electrons. The van der Waals surface area contributed by atoms with Crippen molar-refractivity contribution in [1.29, 1.82) is 0 Å². The number of hydrogen-bond acceptors (Lipinski definition) is 3. The summed E-state index contributed by atoms with van der Waals surface area (Å²) in [6.45, 7) is 10.3. The second-order valence-corrected chi connectivity index (χ2v) is 5.98. The standard InChI is InChI=1S/C16H27N3O/c1-12(2)5-8-17-14-7-10-18-15(11-14)16(20)19-9-6-13(3)4/h7,10-13H,5-6,8-9H2,1-4H3,(H,17,18)(H,19,20). The van der Waals surface area contributed by atoms with Crippen LogP contribution in [0.1, 0.15) is 51.0 Å². The molecular formula is C16H27N3O. The fourth-order valence-electron chi connectivity index (χ4n) is 1.73. The van der Waals surface area contributed by atoms with Crippen LogP contribution in [0.2, 0.25) is 0 Å². The van der Waals surface area contributed by atoms with E-state index < -0.39 is 0 Å². The molecule has 0 bridgehead atoms. The molecule has 4 heteroatoms. The Hall–Kier alpha value is -1.58. The minimum absolute atomic E-state index is 0.0989. The average molecular weight is 277 g/mol. The van der Waals surface area contributed by atoms with Gasteiger partial charge in [0.15, 0.2) is 0 Å². The van der Waals surface area contributed by atoms with Gasteiger partial charge in [0.2, 0.25) is 0 Å². The molecule has 0 aliphatic rings. The van der Waals surface area contributed by atoms with Crippen molar-refractivity contribution in [3.05, 3.63) is 24.0 Å². The van der Waals surface area contributed by atoms with Gasteiger partial charge in [-0.25, -0.2) is 0 Å². The maximum absolute atomic E-state index is 12.0. The fraction of sp³-hybridized carbons (Fsp3) is 0.625. The van der Waals surface area contributed by atoms with Gasteiger partial charge in [0.05, 0.1) is 0 Å². The van der Waals surface area contributed by atoms with Gasteiger partial charge >= 0.3 is 0 Å². The van der Waals surface area contributed by atoms with Crippen molar-refractivity contribution < 1.29 is 4.79 Å². The van der Waals surface area contributed by atoms with E-state index in [9.17, 15) is 4.79 Å². The van der Waals surface area contributed by atoms with Crippen LogP contribution in [0.5, 0.6) is 0 Å². The number of nitrogens with zero attached hydrogens (tertiary/aromatic N) is 1. The van der Waals surface area contributed by atoms with Crippen LogP contribution >= 0.6 is 0 Å². The summed E-state index contributed by atoms with van der Waals surface area (Å²) >= 11 is 0.